The molecule has 0 unspecified atom stereocenters. The van der Waals surface area contributed by atoms with Crippen LogP contribution >= 0.6 is 22.6 Å². The maximum atomic E-state index is 13.1. The van der Waals surface area contributed by atoms with Crippen LogP contribution in [-0.2, 0) is 4.79 Å². The lowest BCUT2D eigenvalue weighted by molar-refractivity contribution is -0.118. The van der Waals surface area contributed by atoms with Gasteiger partial charge in [0.05, 0.1) is 17.8 Å². The first-order valence-corrected chi connectivity index (χ1v) is 13.5. The van der Waals surface area contributed by atoms with Gasteiger partial charge in [0.25, 0.3) is 5.91 Å². The van der Waals surface area contributed by atoms with Crippen LogP contribution in [0.4, 0.5) is 5.69 Å². The number of halogens is 1. The molecule has 1 aliphatic rings. The fourth-order valence-electron chi connectivity index (χ4n) is 4.87. The molecule has 2 aromatic heterocycles. The molecular formula is C28H28IN5O3. The van der Waals surface area contributed by atoms with Gasteiger partial charge in [0, 0.05) is 32.3 Å². The van der Waals surface area contributed by atoms with Gasteiger partial charge in [0.2, 0.25) is 5.91 Å². The van der Waals surface area contributed by atoms with E-state index in [2.05, 4.69) is 38.2 Å². The molecule has 2 heterocycles. The maximum Gasteiger partial charge on any atom is 0.252 e. The Balaban J connectivity index is 1.40. The number of benzene rings is 2. The maximum absolute atomic E-state index is 13.1. The predicted molar refractivity (Wildman–Crippen MR) is 151 cm³/mol. The Morgan fingerprint density at radius 2 is 1.84 bits per heavy atom. The van der Waals surface area contributed by atoms with E-state index in [9.17, 15) is 14.7 Å². The van der Waals surface area contributed by atoms with Crippen LogP contribution in [0.5, 0.6) is 0 Å². The van der Waals surface area contributed by atoms with Crippen molar-refractivity contribution >= 4 is 51.0 Å². The van der Waals surface area contributed by atoms with Gasteiger partial charge in [-0.05, 0) is 84.0 Å². The van der Waals surface area contributed by atoms with E-state index in [1.54, 1.807) is 30.5 Å². The molecule has 1 atom stereocenters. The van der Waals surface area contributed by atoms with Crippen LogP contribution in [0.1, 0.15) is 54.1 Å². The molecule has 2 amide bonds. The molecule has 4 aromatic rings. The smallest absolute Gasteiger partial charge is 0.252 e. The summed E-state index contributed by atoms with van der Waals surface area (Å²) >= 11 is 2.18. The zero-order valence-corrected chi connectivity index (χ0v) is 22.4. The summed E-state index contributed by atoms with van der Waals surface area (Å²) in [5.41, 5.74) is 2.79. The van der Waals surface area contributed by atoms with E-state index in [4.69, 9.17) is 5.10 Å². The lowest BCUT2D eigenvalue weighted by atomic mass is 9.85. The Kier molecular flexibility index (Phi) is 7.80. The highest BCUT2D eigenvalue weighted by atomic mass is 127. The van der Waals surface area contributed by atoms with E-state index in [0.29, 0.717) is 22.7 Å². The molecule has 2 aromatic carbocycles. The Morgan fingerprint density at radius 1 is 1.05 bits per heavy atom. The summed E-state index contributed by atoms with van der Waals surface area (Å²) in [6.45, 7) is -0.523. The summed E-state index contributed by atoms with van der Waals surface area (Å²) in [5.74, 6) is 0.185. The molecule has 1 saturated carbocycles. The quantitative estimate of drug-likeness (QED) is 0.261. The van der Waals surface area contributed by atoms with Gasteiger partial charge in [0.1, 0.15) is 6.04 Å². The third-order valence-electron chi connectivity index (χ3n) is 6.75. The molecule has 190 valence electrons. The van der Waals surface area contributed by atoms with Crippen LogP contribution in [-0.4, -0.2) is 44.3 Å². The minimum atomic E-state index is -1.09. The molecule has 0 bridgehead atoms. The molecule has 0 saturated heterocycles. The van der Waals surface area contributed by atoms with Crippen molar-refractivity contribution in [2.45, 2.75) is 44.1 Å². The fourth-order valence-corrected chi connectivity index (χ4v) is 5.23. The van der Waals surface area contributed by atoms with Gasteiger partial charge in [-0.3, -0.25) is 9.59 Å². The minimum absolute atomic E-state index is 0.369. The van der Waals surface area contributed by atoms with Crippen LogP contribution < -0.4 is 10.6 Å². The number of aromatic nitrogens is 3. The van der Waals surface area contributed by atoms with Gasteiger partial charge in [0.15, 0.2) is 5.82 Å². The second-order valence-corrected chi connectivity index (χ2v) is 10.5. The van der Waals surface area contributed by atoms with E-state index >= 15 is 0 Å². The number of aliphatic hydroxyl groups is 1. The van der Waals surface area contributed by atoms with Gasteiger partial charge in [-0.25, -0.2) is 9.67 Å². The highest BCUT2D eigenvalue weighted by molar-refractivity contribution is 14.1. The number of amides is 2. The number of nitrogens with zero attached hydrogens (tertiary/aromatic N) is 3. The lowest BCUT2D eigenvalue weighted by Gasteiger charge is -2.22. The molecule has 3 N–H and O–H groups in total. The number of carbonyl (C=O) groups excluding carboxylic acids is 2. The standard InChI is InChI=1S/C28H28IN5O3/c29-20-10-12-21(13-11-20)31-28(37)24(17-35)32-27(36)19-9-14-22-23(16-19)33-34(25-8-4-5-15-30-25)26(22)18-6-2-1-3-7-18/h4-5,8-16,18,24,35H,1-3,6-7,17H2,(H,31,37)(H,32,36)/t24-/m0/s1. The number of aliphatic hydroxyl groups excluding tert-OH is 1. The number of carbonyl (C=O) groups is 2. The third kappa shape index (κ3) is 5.67. The van der Waals surface area contributed by atoms with E-state index < -0.39 is 24.5 Å². The first-order valence-electron chi connectivity index (χ1n) is 12.5. The number of anilines is 1. The van der Waals surface area contributed by atoms with Crippen molar-refractivity contribution in [3.8, 4) is 5.82 Å². The average Bonchev–Trinajstić information content (AvgIpc) is 3.32. The van der Waals surface area contributed by atoms with E-state index in [1.165, 1.54) is 19.3 Å². The Bertz CT molecular complexity index is 1400. The molecular weight excluding hydrogens is 581 g/mol. The molecule has 1 fully saturated rings. The molecule has 0 spiro atoms. The lowest BCUT2D eigenvalue weighted by Crippen LogP contribution is -2.46. The molecule has 37 heavy (non-hydrogen) atoms. The van der Waals surface area contributed by atoms with E-state index in [0.717, 1.165) is 33.3 Å². The van der Waals surface area contributed by atoms with Crippen LogP contribution in [0.25, 0.3) is 16.7 Å². The molecule has 9 heteroatoms. The van der Waals surface area contributed by atoms with Crippen molar-refractivity contribution in [3.05, 3.63) is 81.7 Å². The summed E-state index contributed by atoms with van der Waals surface area (Å²) in [6.07, 6.45) is 7.58. The Labute approximate surface area is 228 Å². The molecule has 0 aliphatic heterocycles. The van der Waals surface area contributed by atoms with E-state index in [1.807, 2.05) is 41.1 Å². The molecule has 0 radical (unpaired) electrons. The van der Waals surface area contributed by atoms with Crippen LogP contribution in [0.3, 0.4) is 0 Å². The van der Waals surface area contributed by atoms with Gasteiger partial charge in [-0.1, -0.05) is 31.4 Å². The zero-order valence-electron chi connectivity index (χ0n) is 20.2. The van der Waals surface area contributed by atoms with Crippen molar-refractivity contribution in [2.24, 2.45) is 0 Å². The topological polar surface area (TPSA) is 109 Å². The number of pyridine rings is 1. The second kappa shape index (κ2) is 11.4. The first-order chi connectivity index (χ1) is 18.0. The summed E-state index contributed by atoms with van der Waals surface area (Å²) in [4.78, 5) is 30.3. The minimum Gasteiger partial charge on any atom is -0.394 e. The van der Waals surface area contributed by atoms with Crippen molar-refractivity contribution < 1.29 is 14.7 Å². The zero-order chi connectivity index (χ0) is 25.8. The number of fused-ring (bicyclic) bond motifs is 1. The predicted octanol–water partition coefficient (Wildman–Crippen LogP) is 4.80. The summed E-state index contributed by atoms with van der Waals surface area (Å²) in [5, 5.41) is 21.0. The summed E-state index contributed by atoms with van der Waals surface area (Å²) in [7, 11) is 0. The van der Waals surface area contributed by atoms with Crippen molar-refractivity contribution in [2.75, 3.05) is 11.9 Å². The van der Waals surface area contributed by atoms with Crippen molar-refractivity contribution in [1.29, 1.82) is 0 Å². The van der Waals surface area contributed by atoms with Crippen molar-refractivity contribution in [1.82, 2.24) is 20.1 Å². The molecule has 8 nitrogen and oxygen atoms in total. The average molecular weight is 609 g/mol. The SMILES string of the molecule is O=C(N[C@@H](CO)C(=O)Nc1ccc(I)cc1)c1ccc2c(C3CCCCC3)n(-c3ccccn3)nc2c1. The van der Waals surface area contributed by atoms with Gasteiger partial charge < -0.3 is 15.7 Å². The van der Waals surface area contributed by atoms with Gasteiger partial charge in [-0.2, -0.15) is 5.10 Å². The van der Waals surface area contributed by atoms with E-state index in [-0.39, 0.29) is 0 Å². The Hall–Kier alpha value is -3.31. The fraction of sp³-hybridized carbons (Fsp3) is 0.286. The van der Waals surface area contributed by atoms with Gasteiger partial charge in [-0.15, -0.1) is 0 Å². The number of rotatable bonds is 7. The highest BCUT2D eigenvalue weighted by Gasteiger charge is 2.26. The highest BCUT2D eigenvalue weighted by Crippen LogP contribution is 2.37. The van der Waals surface area contributed by atoms with Crippen LogP contribution in [0.2, 0.25) is 0 Å². The monoisotopic (exact) mass is 609 g/mol. The number of hydrogen-bond donors (Lipinski definition) is 3. The van der Waals surface area contributed by atoms with Gasteiger partial charge >= 0.3 is 0 Å². The molecule has 1 aliphatic carbocycles. The van der Waals surface area contributed by atoms with Crippen LogP contribution in [0.15, 0.2) is 66.9 Å². The summed E-state index contributed by atoms with van der Waals surface area (Å²) in [6, 6.07) is 17.3. The number of nitrogens with one attached hydrogen (secondary N) is 2. The van der Waals surface area contributed by atoms with Crippen LogP contribution in [0, 0.1) is 3.57 Å². The largest absolute Gasteiger partial charge is 0.394 e. The third-order valence-corrected chi connectivity index (χ3v) is 7.47. The number of hydrogen-bond acceptors (Lipinski definition) is 5. The summed E-state index contributed by atoms with van der Waals surface area (Å²) < 4.78 is 2.95. The molecule has 5 rings (SSSR count). The Morgan fingerprint density at radius 3 is 2.54 bits per heavy atom. The normalized spacial score (nSPS) is 14.9. The second-order valence-electron chi connectivity index (χ2n) is 9.26. The first kappa shape index (κ1) is 25.3. The van der Waals surface area contributed by atoms with Crippen molar-refractivity contribution in [3.63, 3.8) is 0 Å².